The van der Waals surface area contributed by atoms with E-state index in [0.717, 1.165) is 16.9 Å². The monoisotopic (exact) mass is 543 g/mol. The van der Waals surface area contributed by atoms with E-state index in [1.807, 2.05) is 12.1 Å². The van der Waals surface area contributed by atoms with Crippen molar-refractivity contribution in [2.75, 3.05) is 13.2 Å². The zero-order valence-electron chi connectivity index (χ0n) is 22.6. The summed E-state index contributed by atoms with van der Waals surface area (Å²) in [6.45, 7) is 6.25. The maximum atomic E-state index is 12.7. The normalized spacial score (nSPS) is 10.8. The van der Waals surface area contributed by atoms with Gasteiger partial charge in [0.05, 0.1) is 47.1 Å². The zero-order valence-corrected chi connectivity index (χ0v) is 23.4. The summed E-state index contributed by atoms with van der Waals surface area (Å²) in [6.07, 6.45) is 9.33. The van der Waals surface area contributed by atoms with Gasteiger partial charge in [-0.1, -0.05) is 26.2 Å². The number of aryl methyl sites for hydroxylation is 1. The van der Waals surface area contributed by atoms with Crippen molar-refractivity contribution in [2.45, 2.75) is 52.9 Å². The van der Waals surface area contributed by atoms with Crippen LogP contribution in [0.3, 0.4) is 0 Å². The molecule has 0 aliphatic rings. The van der Waals surface area contributed by atoms with E-state index in [0.29, 0.717) is 33.9 Å². The van der Waals surface area contributed by atoms with Gasteiger partial charge in [0.2, 0.25) is 0 Å². The second-order valence-electron chi connectivity index (χ2n) is 9.00. The van der Waals surface area contributed by atoms with Crippen LogP contribution in [0.2, 0.25) is 0 Å². The minimum Gasteiger partial charge on any atom is -0.462 e. The Balaban J connectivity index is 1.69. The fraction of sp³-hybridized carbons (Fsp3) is 0.323. The van der Waals surface area contributed by atoms with Crippen LogP contribution in [0.5, 0.6) is 0 Å². The fourth-order valence-corrected chi connectivity index (χ4v) is 5.20. The molecular formula is C31H33N3O4S. The summed E-state index contributed by atoms with van der Waals surface area (Å²) in [5.41, 5.74) is 3.73. The summed E-state index contributed by atoms with van der Waals surface area (Å²) in [5, 5.41) is 0. The Morgan fingerprint density at radius 2 is 1.36 bits per heavy atom. The minimum absolute atomic E-state index is 0.245. The van der Waals surface area contributed by atoms with Crippen molar-refractivity contribution in [3.8, 4) is 33.2 Å². The van der Waals surface area contributed by atoms with Gasteiger partial charge >= 0.3 is 11.9 Å². The largest absolute Gasteiger partial charge is 0.462 e. The lowest BCUT2D eigenvalue weighted by Gasteiger charge is -2.10. The minimum atomic E-state index is -0.467. The summed E-state index contributed by atoms with van der Waals surface area (Å²) < 4.78 is 10.4. The molecule has 4 heterocycles. The number of hydrogen-bond donors (Lipinski definition) is 0. The molecule has 0 radical (unpaired) electrons. The van der Waals surface area contributed by atoms with Gasteiger partial charge < -0.3 is 9.47 Å². The number of nitrogens with zero attached hydrogens (tertiary/aromatic N) is 3. The summed E-state index contributed by atoms with van der Waals surface area (Å²) in [5.74, 6) is -0.913. The van der Waals surface area contributed by atoms with Crippen molar-refractivity contribution >= 4 is 23.3 Å². The Bertz CT molecular complexity index is 1430. The first-order chi connectivity index (χ1) is 19.0. The molecule has 0 fully saturated rings. The highest BCUT2D eigenvalue weighted by Gasteiger charge is 2.17. The lowest BCUT2D eigenvalue weighted by molar-refractivity contribution is 0.0516. The van der Waals surface area contributed by atoms with Crippen molar-refractivity contribution in [3.63, 3.8) is 0 Å². The highest BCUT2D eigenvalue weighted by atomic mass is 32.1. The molecule has 0 saturated carbocycles. The second kappa shape index (κ2) is 13.8. The number of hydrogen-bond acceptors (Lipinski definition) is 8. The molecule has 0 saturated heterocycles. The third-order valence-electron chi connectivity index (χ3n) is 6.12. The molecule has 39 heavy (non-hydrogen) atoms. The molecule has 8 heteroatoms. The van der Waals surface area contributed by atoms with E-state index >= 15 is 0 Å². The first-order valence-corrected chi connectivity index (χ1v) is 14.2. The molecule has 0 N–H and O–H groups in total. The molecule has 4 rings (SSSR count). The van der Waals surface area contributed by atoms with Crippen molar-refractivity contribution in [2.24, 2.45) is 0 Å². The molecule has 0 unspecified atom stereocenters. The van der Waals surface area contributed by atoms with Gasteiger partial charge in [-0.25, -0.2) is 14.6 Å². The molecule has 4 aromatic heterocycles. The first-order valence-electron chi connectivity index (χ1n) is 13.4. The van der Waals surface area contributed by atoms with E-state index < -0.39 is 11.9 Å². The Morgan fingerprint density at radius 3 is 2.05 bits per heavy atom. The molecular weight excluding hydrogens is 510 g/mol. The lowest BCUT2D eigenvalue weighted by atomic mass is 10.1. The summed E-state index contributed by atoms with van der Waals surface area (Å²) in [6, 6.07) is 14.8. The number of rotatable bonds is 12. The number of ether oxygens (including phenoxy) is 2. The fourth-order valence-electron chi connectivity index (χ4n) is 4.15. The van der Waals surface area contributed by atoms with Gasteiger partial charge in [-0.2, -0.15) is 0 Å². The van der Waals surface area contributed by atoms with Gasteiger partial charge in [0.15, 0.2) is 0 Å². The van der Waals surface area contributed by atoms with Crippen LogP contribution in [0.15, 0.2) is 60.9 Å². The number of thiophene rings is 1. The lowest BCUT2D eigenvalue weighted by Crippen LogP contribution is -2.07. The van der Waals surface area contributed by atoms with Crippen LogP contribution in [0.4, 0.5) is 0 Å². The van der Waals surface area contributed by atoms with Gasteiger partial charge in [-0.05, 0) is 80.8 Å². The smallest absolute Gasteiger partial charge is 0.338 e. The van der Waals surface area contributed by atoms with E-state index in [9.17, 15) is 9.59 Å². The maximum Gasteiger partial charge on any atom is 0.338 e. The van der Waals surface area contributed by atoms with Crippen LogP contribution < -0.4 is 0 Å². The Kier molecular flexibility index (Phi) is 9.91. The molecule has 0 aliphatic carbocycles. The second-order valence-corrected chi connectivity index (χ2v) is 10.2. The van der Waals surface area contributed by atoms with E-state index in [4.69, 9.17) is 14.5 Å². The Morgan fingerprint density at radius 1 is 0.718 bits per heavy atom. The highest BCUT2D eigenvalue weighted by Crippen LogP contribution is 2.32. The number of aromatic nitrogens is 3. The number of carbonyl (C=O) groups is 2. The first kappa shape index (κ1) is 28.1. The third-order valence-corrected chi connectivity index (χ3v) is 7.31. The molecule has 0 bridgehead atoms. The molecule has 0 atom stereocenters. The number of esters is 2. The van der Waals surface area contributed by atoms with E-state index in [1.54, 1.807) is 55.6 Å². The van der Waals surface area contributed by atoms with E-state index in [2.05, 4.69) is 29.0 Å². The molecule has 0 spiro atoms. The molecule has 202 valence electrons. The average Bonchev–Trinajstić information content (AvgIpc) is 3.44. The topological polar surface area (TPSA) is 91.3 Å². The van der Waals surface area contributed by atoms with Gasteiger partial charge in [0, 0.05) is 22.1 Å². The highest BCUT2D eigenvalue weighted by molar-refractivity contribution is 7.15. The zero-order chi connectivity index (χ0) is 27.6. The predicted molar refractivity (Wildman–Crippen MR) is 154 cm³/mol. The molecule has 0 aromatic carbocycles. The van der Waals surface area contributed by atoms with Gasteiger partial charge in [0.25, 0.3) is 0 Å². The average molecular weight is 544 g/mol. The number of carbonyl (C=O) groups excluding carboxylic acids is 2. The van der Waals surface area contributed by atoms with E-state index in [-0.39, 0.29) is 13.2 Å². The van der Waals surface area contributed by atoms with Crippen molar-refractivity contribution in [1.82, 2.24) is 15.0 Å². The summed E-state index contributed by atoms with van der Waals surface area (Å²) >= 11 is 1.79. The maximum absolute atomic E-state index is 12.7. The van der Waals surface area contributed by atoms with Crippen LogP contribution in [0, 0.1) is 0 Å². The summed E-state index contributed by atoms with van der Waals surface area (Å²) in [7, 11) is 0. The molecule has 0 aliphatic heterocycles. The number of unbranched alkanes of at least 4 members (excludes halogenated alkanes) is 3. The van der Waals surface area contributed by atoms with Gasteiger partial charge in [-0.15, -0.1) is 11.3 Å². The molecule has 4 aromatic rings. The van der Waals surface area contributed by atoms with E-state index in [1.165, 1.54) is 36.8 Å². The van der Waals surface area contributed by atoms with Gasteiger partial charge in [-0.3, -0.25) is 9.97 Å². The van der Waals surface area contributed by atoms with Crippen molar-refractivity contribution in [1.29, 1.82) is 0 Å². The SMILES string of the molecule is CCCCCCc1ccc(-c2ccnc(-c3cc(C(=O)OCC)cc(-c4cc(C(=O)OCC)ccn4)n3)c2)s1. The molecule has 7 nitrogen and oxygen atoms in total. The van der Waals surface area contributed by atoms with Crippen LogP contribution >= 0.6 is 11.3 Å². The Hall–Kier alpha value is -3.91. The number of pyridine rings is 3. The molecule has 0 amide bonds. The van der Waals surface area contributed by atoms with Crippen LogP contribution in [-0.2, 0) is 15.9 Å². The third kappa shape index (κ3) is 7.35. The van der Waals surface area contributed by atoms with Crippen molar-refractivity contribution < 1.29 is 19.1 Å². The van der Waals surface area contributed by atoms with Crippen molar-refractivity contribution in [3.05, 3.63) is 76.9 Å². The summed E-state index contributed by atoms with van der Waals surface area (Å²) in [4.78, 5) is 41.3. The van der Waals surface area contributed by atoms with Crippen LogP contribution in [-0.4, -0.2) is 40.1 Å². The quantitative estimate of drug-likeness (QED) is 0.136. The Labute approximate surface area is 233 Å². The van der Waals surface area contributed by atoms with Crippen LogP contribution in [0.25, 0.3) is 33.2 Å². The van der Waals surface area contributed by atoms with Gasteiger partial charge in [0.1, 0.15) is 0 Å². The predicted octanol–water partition coefficient (Wildman–Crippen LogP) is 7.41. The standard InChI is InChI=1S/C31H33N3O4S/c1-4-7-8-9-10-24-11-12-29(39-24)21-13-15-32-25(17-21)27-19-23(31(36)38-6-3)20-28(34-27)26-18-22(14-16-33-26)30(35)37-5-2/h11-20H,4-10H2,1-3H3. The van der Waals surface area contributed by atoms with Crippen LogP contribution in [0.1, 0.15) is 72.0 Å².